The summed E-state index contributed by atoms with van der Waals surface area (Å²) in [7, 11) is 0. The molecule has 0 aromatic carbocycles. The van der Waals surface area contributed by atoms with E-state index in [2.05, 4.69) is 0 Å². The van der Waals surface area contributed by atoms with E-state index < -0.39 is 5.54 Å². The minimum Gasteiger partial charge on any atom is -0.324 e. The summed E-state index contributed by atoms with van der Waals surface area (Å²) in [5, 5.41) is 10.6. The molecule has 64 valence electrons. The van der Waals surface area contributed by atoms with Crippen molar-refractivity contribution >= 4 is 0 Å². The minimum atomic E-state index is -0.780. The summed E-state index contributed by atoms with van der Waals surface area (Å²) in [5.41, 5.74) is 4.62. The Bertz CT molecular complexity index is 153. The van der Waals surface area contributed by atoms with E-state index in [1.54, 1.807) is 0 Å². The molecular weight excluding hydrogens is 144 g/mol. The van der Waals surface area contributed by atoms with Crippen LogP contribution in [0.1, 0.15) is 32.1 Å². The number of nitrogens with zero attached hydrogens (tertiary/aromatic N) is 1. The molecule has 1 rings (SSSR count). The molecule has 0 aromatic heterocycles. The van der Waals surface area contributed by atoms with Crippen LogP contribution in [0.3, 0.4) is 0 Å². The Morgan fingerprint density at radius 1 is 1.36 bits per heavy atom. The van der Waals surface area contributed by atoms with Gasteiger partial charge in [0, 0.05) is 17.8 Å². The second kappa shape index (κ2) is 3.17. The van der Waals surface area contributed by atoms with Crippen molar-refractivity contribution in [2.24, 2.45) is 5.73 Å². The molecule has 2 N–H and O–H groups in total. The lowest BCUT2D eigenvalue weighted by molar-refractivity contribution is -0.571. The van der Waals surface area contributed by atoms with Crippen LogP contribution in [0.25, 0.3) is 0 Å². The van der Waals surface area contributed by atoms with Crippen LogP contribution >= 0.6 is 0 Å². The molecule has 0 amide bonds. The maximum Gasteiger partial charge on any atom is 0.234 e. The zero-order valence-corrected chi connectivity index (χ0v) is 6.58. The molecule has 0 aliphatic heterocycles. The van der Waals surface area contributed by atoms with Gasteiger partial charge in [0.15, 0.2) is 0 Å². The quantitative estimate of drug-likeness (QED) is 0.480. The smallest absolute Gasteiger partial charge is 0.234 e. The molecule has 0 unspecified atom stereocenters. The van der Waals surface area contributed by atoms with Crippen LogP contribution in [0.4, 0.5) is 0 Å². The first-order valence-electron chi connectivity index (χ1n) is 4.06. The maximum atomic E-state index is 10.6. The lowest BCUT2D eigenvalue weighted by atomic mass is 9.82. The predicted molar refractivity (Wildman–Crippen MR) is 41.9 cm³/mol. The topological polar surface area (TPSA) is 69.2 Å². The zero-order chi connectivity index (χ0) is 8.32. The first-order chi connectivity index (χ1) is 5.21. The molecule has 0 bridgehead atoms. The SMILES string of the molecule is NCC1([N+](=O)[O-])CCCCC1. The van der Waals surface area contributed by atoms with Crippen LogP contribution in [-0.2, 0) is 0 Å². The first-order valence-corrected chi connectivity index (χ1v) is 4.06. The average Bonchev–Trinajstić information content (AvgIpc) is 2.05. The number of hydrogen-bond donors (Lipinski definition) is 1. The van der Waals surface area contributed by atoms with Gasteiger partial charge in [-0.1, -0.05) is 6.42 Å². The van der Waals surface area contributed by atoms with E-state index in [-0.39, 0.29) is 11.5 Å². The van der Waals surface area contributed by atoms with Crippen LogP contribution < -0.4 is 5.73 Å². The van der Waals surface area contributed by atoms with Gasteiger partial charge in [-0.3, -0.25) is 10.1 Å². The third-order valence-corrected chi connectivity index (χ3v) is 2.55. The van der Waals surface area contributed by atoms with E-state index in [1.807, 2.05) is 0 Å². The molecule has 1 aliphatic rings. The lowest BCUT2D eigenvalue weighted by Crippen LogP contribution is -2.46. The molecule has 4 heteroatoms. The summed E-state index contributed by atoms with van der Waals surface area (Å²) in [6.45, 7) is 0.194. The van der Waals surface area contributed by atoms with Crippen LogP contribution in [0.2, 0.25) is 0 Å². The third kappa shape index (κ3) is 1.50. The Labute approximate surface area is 65.9 Å². The van der Waals surface area contributed by atoms with E-state index in [9.17, 15) is 10.1 Å². The molecule has 1 fully saturated rings. The van der Waals surface area contributed by atoms with Crippen LogP contribution in [0.5, 0.6) is 0 Å². The largest absolute Gasteiger partial charge is 0.324 e. The molecule has 4 nitrogen and oxygen atoms in total. The van der Waals surface area contributed by atoms with Crippen LogP contribution in [0.15, 0.2) is 0 Å². The maximum absolute atomic E-state index is 10.6. The summed E-state index contributed by atoms with van der Waals surface area (Å²) >= 11 is 0. The molecule has 0 atom stereocenters. The van der Waals surface area contributed by atoms with Gasteiger partial charge in [0.25, 0.3) is 0 Å². The van der Waals surface area contributed by atoms with Crippen molar-refractivity contribution in [1.29, 1.82) is 0 Å². The monoisotopic (exact) mass is 158 g/mol. The fourth-order valence-electron chi connectivity index (χ4n) is 1.67. The van der Waals surface area contributed by atoms with Crippen molar-refractivity contribution in [2.75, 3.05) is 6.54 Å². The predicted octanol–water partition coefficient (Wildman–Crippen LogP) is 0.925. The molecule has 11 heavy (non-hydrogen) atoms. The zero-order valence-electron chi connectivity index (χ0n) is 6.58. The standard InChI is InChI=1S/C7H14N2O2/c8-6-7(9(10)11)4-2-1-3-5-7/h1-6,8H2. The van der Waals surface area contributed by atoms with Crippen molar-refractivity contribution in [2.45, 2.75) is 37.6 Å². The lowest BCUT2D eigenvalue weighted by Gasteiger charge is -2.27. The molecule has 0 aromatic rings. The number of hydrogen-bond acceptors (Lipinski definition) is 3. The highest BCUT2D eigenvalue weighted by Gasteiger charge is 2.41. The van der Waals surface area contributed by atoms with Crippen molar-refractivity contribution in [3.8, 4) is 0 Å². The Morgan fingerprint density at radius 3 is 2.18 bits per heavy atom. The summed E-state index contributed by atoms with van der Waals surface area (Å²) in [6, 6.07) is 0. The highest BCUT2D eigenvalue weighted by Crippen LogP contribution is 2.29. The van der Waals surface area contributed by atoms with E-state index in [0.29, 0.717) is 12.8 Å². The number of rotatable bonds is 2. The van der Waals surface area contributed by atoms with Gasteiger partial charge in [-0.15, -0.1) is 0 Å². The minimum absolute atomic E-state index is 0.188. The molecule has 0 saturated heterocycles. The second-order valence-corrected chi connectivity index (χ2v) is 3.25. The second-order valence-electron chi connectivity index (χ2n) is 3.25. The van der Waals surface area contributed by atoms with Crippen LogP contribution in [0, 0.1) is 10.1 Å². The fraction of sp³-hybridized carbons (Fsp3) is 1.00. The van der Waals surface area contributed by atoms with Gasteiger partial charge in [-0.05, 0) is 12.8 Å². The molecule has 1 aliphatic carbocycles. The molecular formula is C7H14N2O2. The molecule has 0 heterocycles. The number of nitrogens with two attached hydrogens (primary N) is 1. The van der Waals surface area contributed by atoms with Crippen LogP contribution in [-0.4, -0.2) is 17.0 Å². The van der Waals surface area contributed by atoms with Gasteiger partial charge >= 0.3 is 0 Å². The first kappa shape index (κ1) is 8.46. The van der Waals surface area contributed by atoms with Gasteiger partial charge in [-0.25, -0.2) is 0 Å². The van der Waals surface area contributed by atoms with Gasteiger partial charge < -0.3 is 5.73 Å². The van der Waals surface area contributed by atoms with Gasteiger partial charge in [0.05, 0.1) is 6.54 Å². The summed E-state index contributed by atoms with van der Waals surface area (Å²) in [4.78, 5) is 10.4. The Morgan fingerprint density at radius 2 is 1.91 bits per heavy atom. The summed E-state index contributed by atoms with van der Waals surface area (Å²) in [6.07, 6.45) is 4.36. The summed E-state index contributed by atoms with van der Waals surface area (Å²) in [5.74, 6) is 0. The molecule has 0 radical (unpaired) electrons. The Balaban J connectivity index is 2.64. The Kier molecular flexibility index (Phi) is 2.44. The molecule has 0 spiro atoms. The van der Waals surface area contributed by atoms with E-state index in [0.717, 1.165) is 19.3 Å². The van der Waals surface area contributed by atoms with Crippen molar-refractivity contribution in [3.63, 3.8) is 0 Å². The van der Waals surface area contributed by atoms with Crippen molar-refractivity contribution in [1.82, 2.24) is 0 Å². The number of nitro groups is 1. The fourth-order valence-corrected chi connectivity index (χ4v) is 1.67. The van der Waals surface area contributed by atoms with Crippen molar-refractivity contribution in [3.05, 3.63) is 10.1 Å². The van der Waals surface area contributed by atoms with E-state index >= 15 is 0 Å². The summed E-state index contributed by atoms with van der Waals surface area (Å²) < 4.78 is 0. The Hall–Kier alpha value is -0.640. The van der Waals surface area contributed by atoms with Gasteiger partial charge in [0.2, 0.25) is 5.54 Å². The van der Waals surface area contributed by atoms with Gasteiger partial charge in [-0.2, -0.15) is 0 Å². The third-order valence-electron chi connectivity index (χ3n) is 2.55. The highest BCUT2D eigenvalue weighted by atomic mass is 16.6. The van der Waals surface area contributed by atoms with Gasteiger partial charge in [0.1, 0.15) is 0 Å². The highest BCUT2D eigenvalue weighted by molar-refractivity contribution is 4.83. The normalized spacial score (nSPS) is 23.0. The van der Waals surface area contributed by atoms with Crippen molar-refractivity contribution < 1.29 is 4.92 Å². The molecule has 1 saturated carbocycles. The average molecular weight is 158 g/mol. The van der Waals surface area contributed by atoms with E-state index in [4.69, 9.17) is 5.73 Å². The van der Waals surface area contributed by atoms with E-state index in [1.165, 1.54) is 0 Å².